The monoisotopic (exact) mass is 387 g/mol. The molecule has 1 fully saturated rings. The van der Waals surface area contributed by atoms with Crippen LogP contribution >= 0.6 is 0 Å². The zero-order valence-electron chi connectivity index (χ0n) is 16.4. The van der Waals surface area contributed by atoms with Crippen molar-refractivity contribution in [3.63, 3.8) is 0 Å². The van der Waals surface area contributed by atoms with Crippen molar-refractivity contribution in [1.29, 1.82) is 5.26 Å². The highest BCUT2D eigenvalue weighted by atomic mass is 16.2. The first kappa shape index (κ1) is 18.6. The van der Waals surface area contributed by atoms with Gasteiger partial charge in [-0.2, -0.15) is 10.4 Å². The molecule has 8 nitrogen and oxygen atoms in total. The third kappa shape index (κ3) is 3.80. The van der Waals surface area contributed by atoms with Crippen LogP contribution in [0.25, 0.3) is 5.82 Å². The highest BCUT2D eigenvalue weighted by Crippen LogP contribution is 2.18. The van der Waals surface area contributed by atoms with E-state index in [4.69, 9.17) is 5.26 Å². The summed E-state index contributed by atoms with van der Waals surface area (Å²) in [5.74, 6) is 1.55. The van der Waals surface area contributed by atoms with E-state index in [1.165, 1.54) is 0 Å². The van der Waals surface area contributed by atoms with Crippen LogP contribution in [0.4, 0.5) is 5.82 Å². The molecular weight excluding hydrogens is 366 g/mol. The van der Waals surface area contributed by atoms with E-state index in [2.05, 4.69) is 26.0 Å². The molecule has 0 unspecified atom stereocenters. The summed E-state index contributed by atoms with van der Waals surface area (Å²) in [6.45, 7) is 6.55. The van der Waals surface area contributed by atoms with E-state index in [0.29, 0.717) is 37.3 Å². The van der Waals surface area contributed by atoms with Crippen molar-refractivity contribution in [2.75, 3.05) is 31.1 Å². The first-order valence-electron chi connectivity index (χ1n) is 9.45. The number of aryl methyl sites for hydroxylation is 2. The molecule has 1 amide bonds. The van der Waals surface area contributed by atoms with Crippen molar-refractivity contribution in [1.82, 2.24) is 24.6 Å². The van der Waals surface area contributed by atoms with Gasteiger partial charge < -0.3 is 9.80 Å². The molecule has 146 valence electrons. The molecular formula is C21H21N7O. The average Bonchev–Trinajstić information content (AvgIpc) is 3.11. The predicted octanol–water partition coefficient (Wildman–Crippen LogP) is 2.11. The summed E-state index contributed by atoms with van der Waals surface area (Å²) < 4.78 is 1.81. The van der Waals surface area contributed by atoms with Gasteiger partial charge in [0.05, 0.1) is 17.3 Å². The summed E-state index contributed by atoms with van der Waals surface area (Å²) in [6, 6.07) is 12.8. The van der Waals surface area contributed by atoms with Gasteiger partial charge in [0.15, 0.2) is 5.82 Å². The molecule has 1 saturated heterocycles. The quantitative estimate of drug-likeness (QED) is 0.684. The van der Waals surface area contributed by atoms with Crippen LogP contribution in [0.15, 0.2) is 42.7 Å². The Bertz CT molecular complexity index is 1070. The maximum Gasteiger partial charge on any atom is 0.253 e. The van der Waals surface area contributed by atoms with Crippen molar-refractivity contribution >= 4 is 11.7 Å². The van der Waals surface area contributed by atoms with Crippen LogP contribution in [0, 0.1) is 25.2 Å². The van der Waals surface area contributed by atoms with Crippen molar-refractivity contribution in [2.45, 2.75) is 13.8 Å². The van der Waals surface area contributed by atoms with Gasteiger partial charge in [0.2, 0.25) is 0 Å². The molecule has 4 rings (SSSR count). The van der Waals surface area contributed by atoms with Crippen LogP contribution in [-0.2, 0) is 0 Å². The fourth-order valence-corrected chi connectivity index (χ4v) is 3.50. The highest BCUT2D eigenvalue weighted by Gasteiger charge is 2.23. The molecule has 0 atom stereocenters. The van der Waals surface area contributed by atoms with Gasteiger partial charge >= 0.3 is 0 Å². The van der Waals surface area contributed by atoms with Crippen LogP contribution < -0.4 is 4.90 Å². The number of nitrogens with zero attached hydrogens (tertiary/aromatic N) is 7. The second-order valence-electron chi connectivity index (χ2n) is 7.04. The van der Waals surface area contributed by atoms with Crippen molar-refractivity contribution < 1.29 is 4.79 Å². The second-order valence-corrected chi connectivity index (χ2v) is 7.04. The summed E-state index contributed by atoms with van der Waals surface area (Å²) in [5.41, 5.74) is 3.11. The molecule has 0 saturated carbocycles. The fraction of sp³-hybridized carbons (Fsp3) is 0.286. The van der Waals surface area contributed by atoms with E-state index in [9.17, 15) is 4.79 Å². The summed E-state index contributed by atoms with van der Waals surface area (Å²) in [4.78, 5) is 25.5. The molecule has 3 aromatic rings. The summed E-state index contributed by atoms with van der Waals surface area (Å²) in [5, 5.41) is 13.4. The van der Waals surface area contributed by atoms with Gasteiger partial charge in [-0.25, -0.2) is 14.6 Å². The first-order chi connectivity index (χ1) is 14.0. The van der Waals surface area contributed by atoms with E-state index >= 15 is 0 Å². The van der Waals surface area contributed by atoms with Gasteiger partial charge in [0, 0.05) is 43.5 Å². The normalized spacial score (nSPS) is 14.0. The number of carbonyl (C=O) groups excluding carboxylic acids is 1. The molecule has 2 aromatic heterocycles. The highest BCUT2D eigenvalue weighted by molar-refractivity contribution is 5.94. The minimum absolute atomic E-state index is 0.0137. The number of hydrogen-bond acceptors (Lipinski definition) is 6. The number of rotatable bonds is 3. The largest absolute Gasteiger partial charge is 0.353 e. The van der Waals surface area contributed by atoms with Gasteiger partial charge in [-0.1, -0.05) is 0 Å². The van der Waals surface area contributed by atoms with Gasteiger partial charge in [-0.05, 0) is 44.2 Å². The number of piperazine rings is 1. The lowest BCUT2D eigenvalue weighted by Crippen LogP contribution is -2.49. The topological polar surface area (TPSA) is 90.9 Å². The maximum atomic E-state index is 12.7. The molecule has 1 aromatic carbocycles. The molecule has 8 heteroatoms. The van der Waals surface area contributed by atoms with E-state index in [1.54, 1.807) is 30.6 Å². The van der Waals surface area contributed by atoms with E-state index in [1.807, 2.05) is 35.6 Å². The average molecular weight is 387 g/mol. The van der Waals surface area contributed by atoms with Crippen LogP contribution in [0.1, 0.15) is 27.3 Å². The standard InChI is InChI=1S/C21H21N7O/c1-15-11-16(2)28(25-15)20-12-19(23-14-24-20)26-7-9-27(10-8-26)21(29)18-5-3-17(13-22)4-6-18/h3-6,11-12,14H,7-10H2,1-2H3. The SMILES string of the molecule is Cc1cc(C)n(-c2cc(N3CCN(C(=O)c4ccc(C#N)cc4)CC3)ncn2)n1. The van der Waals surface area contributed by atoms with Crippen molar-refractivity contribution in [2.24, 2.45) is 0 Å². The Morgan fingerprint density at radius 3 is 2.31 bits per heavy atom. The number of benzene rings is 1. The molecule has 1 aliphatic heterocycles. The summed E-state index contributed by atoms with van der Waals surface area (Å²) in [6.07, 6.45) is 1.55. The predicted molar refractivity (Wildman–Crippen MR) is 108 cm³/mol. The van der Waals surface area contributed by atoms with Crippen molar-refractivity contribution in [3.8, 4) is 11.9 Å². The zero-order valence-corrected chi connectivity index (χ0v) is 16.4. The smallest absolute Gasteiger partial charge is 0.253 e. The van der Waals surface area contributed by atoms with Crippen LogP contribution in [0.2, 0.25) is 0 Å². The lowest BCUT2D eigenvalue weighted by Gasteiger charge is -2.35. The number of carbonyl (C=O) groups is 1. The lowest BCUT2D eigenvalue weighted by molar-refractivity contribution is 0.0746. The number of anilines is 1. The molecule has 0 aliphatic carbocycles. The molecule has 0 N–H and O–H groups in total. The minimum Gasteiger partial charge on any atom is -0.353 e. The third-order valence-electron chi connectivity index (χ3n) is 5.02. The molecule has 0 bridgehead atoms. The van der Waals surface area contributed by atoms with Gasteiger partial charge in [-0.3, -0.25) is 4.79 Å². The van der Waals surface area contributed by atoms with Crippen molar-refractivity contribution in [3.05, 3.63) is 65.2 Å². The fourth-order valence-electron chi connectivity index (χ4n) is 3.50. The molecule has 0 radical (unpaired) electrons. The van der Waals surface area contributed by atoms with Gasteiger partial charge in [0.25, 0.3) is 5.91 Å². The zero-order chi connectivity index (χ0) is 20.4. The Labute approximate surface area is 169 Å². The van der Waals surface area contributed by atoms with Crippen LogP contribution in [0.5, 0.6) is 0 Å². The Morgan fingerprint density at radius 1 is 1.00 bits per heavy atom. The number of hydrogen-bond donors (Lipinski definition) is 0. The third-order valence-corrected chi connectivity index (χ3v) is 5.02. The van der Waals surface area contributed by atoms with E-state index in [-0.39, 0.29) is 5.91 Å². The molecule has 0 spiro atoms. The molecule has 3 heterocycles. The Kier molecular flexibility index (Phi) is 4.96. The Morgan fingerprint density at radius 2 is 1.69 bits per heavy atom. The Hall–Kier alpha value is -3.73. The Balaban J connectivity index is 1.44. The first-order valence-corrected chi connectivity index (χ1v) is 9.45. The summed E-state index contributed by atoms with van der Waals surface area (Å²) in [7, 11) is 0. The van der Waals surface area contributed by atoms with Gasteiger partial charge in [0.1, 0.15) is 12.1 Å². The lowest BCUT2D eigenvalue weighted by atomic mass is 10.1. The summed E-state index contributed by atoms with van der Waals surface area (Å²) >= 11 is 0. The van der Waals surface area contributed by atoms with Crippen LogP contribution in [-0.4, -0.2) is 56.7 Å². The molecule has 29 heavy (non-hydrogen) atoms. The number of amides is 1. The van der Waals surface area contributed by atoms with Gasteiger partial charge in [-0.15, -0.1) is 0 Å². The number of nitriles is 1. The maximum absolute atomic E-state index is 12.7. The van der Waals surface area contributed by atoms with E-state index in [0.717, 1.165) is 23.0 Å². The number of aromatic nitrogens is 4. The van der Waals surface area contributed by atoms with Crippen LogP contribution in [0.3, 0.4) is 0 Å². The minimum atomic E-state index is -0.0137. The second kappa shape index (κ2) is 7.72. The van der Waals surface area contributed by atoms with E-state index < -0.39 is 0 Å². The molecule has 1 aliphatic rings.